The van der Waals surface area contributed by atoms with E-state index in [2.05, 4.69) is 15.2 Å². The van der Waals surface area contributed by atoms with Crippen molar-refractivity contribution in [2.24, 2.45) is 0 Å². The van der Waals surface area contributed by atoms with E-state index in [1.807, 2.05) is 11.0 Å². The van der Waals surface area contributed by atoms with Gasteiger partial charge in [0.15, 0.2) is 0 Å². The number of amides is 3. The Hall–Kier alpha value is -5.86. The normalized spacial score (nSPS) is 19.9. The summed E-state index contributed by atoms with van der Waals surface area (Å²) in [6, 6.07) is 7.29. The van der Waals surface area contributed by atoms with E-state index in [0.29, 0.717) is 75.8 Å². The number of carbonyl (C=O) groups excluding carboxylic acids is 3. The van der Waals surface area contributed by atoms with Crippen LogP contribution in [0, 0.1) is 11.3 Å². The number of nitriles is 1. The second-order valence-electron chi connectivity index (χ2n) is 15.8. The Balaban J connectivity index is 1.20. The van der Waals surface area contributed by atoms with Crippen molar-refractivity contribution in [2.45, 2.75) is 24.9 Å². The molecular weight excluding hydrogens is 831 g/mol. The number of alkyl halides is 2. The quantitative estimate of drug-likeness (QED) is 0.174. The van der Waals surface area contributed by atoms with Gasteiger partial charge in [-0.1, -0.05) is 6.07 Å². The Kier molecular flexibility index (Phi) is 17.2. The van der Waals surface area contributed by atoms with Crippen molar-refractivity contribution >= 4 is 35.6 Å². The number of likely N-dealkylation sites (tertiary alicyclic amines) is 1. The Morgan fingerprint density at radius 1 is 0.778 bits per heavy atom. The molecule has 20 nitrogen and oxygen atoms in total. The van der Waals surface area contributed by atoms with E-state index in [-0.39, 0.29) is 63.8 Å². The van der Waals surface area contributed by atoms with Crippen molar-refractivity contribution in [3.05, 3.63) is 47.8 Å². The number of methoxy groups -OCH3 is 1. The van der Waals surface area contributed by atoms with Gasteiger partial charge in [0.05, 0.1) is 58.0 Å². The lowest BCUT2D eigenvalue weighted by atomic mass is 9.98. The lowest BCUT2D eigenvalue weighted by molar-refractivity contribution is -0.141. The zero-order chi connectivity index (χ0) is 45.7. The molecule has 0 radical (unpaired) electrons. The molecule has 1 aromatic heterocycles. The van der Waals surface area contributed by atoms with Crippen LogP contribution in [-0.2, 0) is 30.5 Å². The third-order valence-corrected chi connectivity index (χ3v) is 11.3. The van der Waals surface area contributed by atoms with E-state index in [0.717, 1.165) is 10.5 Å². The average Bonchev–Trinajstić information content (AvgIpc) is 3.57. The summed E-state index contributed by atoms with van der Waals surface area (Å²) < 4.78 is 33.5. The van der Waals surface area contributed by atoms with Crippen LogP contribution in [0.25, 0.3) is 11.1 Å². The molecule has 0 spiro atoms. The minimum absolute atomic E-state index is 0.0343. The van der Waals surface area contributed by atoms with E-state index in [1.54, 1.807) is 37.8 Å². The molecule has 22 heteroatoms. The standard InChI is InChI=1S/C41H54F2N10O10/c1-63-34-3-2-29(33-21-45-5-4-32(33)40(62)46-22-35(54)53-28-41(42,43)19-31(53)20-44)18-30(34)23-47-14-16-52(17-15-47)36(55)24-48-6-8-49(25-37(56)57)10-12-51(27-39(60)61)13-11-50(9-7-48)26-38(58)59/h2-5,18,21,31H,6-17,19,22-28H2,1H3,(H,46,62)(H,56,57)(H,58,59)(H,60,61)/t31-/m0/s1. The predicted octanol–water partition coefficient (Wildman–Crippen LogP) is -0.634. The van der Waals surface area contributed by atoms with E-state index in [4.69, 9.17) is 4.74 Å². The molecule has 63 heavy (non-hydrogen) atoms. The van der Waals surface area contributed by atoms with Gasteiger partial charge < -0.3 is 35.2 Å². The summed E-state index contributed by atoms with van der Waals surface area (Å²) in [7, 11) is 1.54. The fourth-order valence-electron chi connectivity index (χ4n) is 7.91. The Morgan fingerprint density at radius 3 is 1.81 bits per heavy atom. The summed E-state index contributed by atoms with van der Waals surface area (Å²) in [5, 5.41) is 40.2. The minimum atomic E-state index is -3.19. The fraction of sp³-hybridized carbons (Fsp3) is 0.561. The number of hydrogen-bond donors (Lipinski definition) is 4. The van der Waals surface area contributed by atoms with Gasteiger partial charge in [-0.2, -0.15) is 5.26 Å². The monoisotopic (exact) mass is 884 g/mol. The minimum Gasteiger partial charge on any atom is -0.496 e. The third-order valence-electron chi connectivity index (χ3n) is 11.3. The Morgan fingerprint density at radius 2 is 1.30 bits per heavy atom. The molecule has 0 aliphatic carbocycles. The number of benzene rings is 1. The number of nitrogens with zero attached hydrogens (tertiary/aromatic N) is 9. The molecule has 3 saturated heterocycles. The average molecular weight is 885 g/mol. The van der Waals surface area contributed by atoms with Gasteiger partial charge in [-0.25, -0.2) is 8.78 Å². The first-order valence-electron chi connectivity index (χ1n) is 20.6. The van der Waals surface area contributed by atoms with Gasteiger partial charge in [-0.3, -0.25) is 58.3 Å². The molecule has 342 valence electrons. The SMILES string of the molecule is COc1ccc(-c2cnccc2C(=O)NCC(=O)N2CC(F)(F)C[C@H]2C#N)cc1CN1CCN(C(=O)CN2CCN(CC(=O)O)CCN(CC(=O)O)CCN(CC(=O)O)CC2)CC1. The maximum Gasteiger partial charge on any atom is 0.317 e. The summed E-state index contributed by atoms with van der Waals surface area (Å²) in [5.74, 6) is -7.27. The van der Waals surface area contributed by atoms with Crippen LogP contribution < -0.4 is 10.1 Å². The van der Waals surface area contributed by atoms with Gasteiger partial charge in [-0.05, 0) is 23.8 Å². The van der Waals surface area contributed by atoms with Gasteiger partial charge in [0, 0.05) is 115 Å². The fourth-order valence-corrected chi connectivity index (χ4v) is 7.91. The van der Waals surface area contributed by atoms with Gasteiger partial charge in [-0.15, -0.1) is 0 Å². The highest BCUT2D eigenvalue weighted by atomic mass is 19.3. The highest BCUT2D eigenvalue weighted by molar-refractivity contribution is 6.02. The number of carbonyl (C=O) groups is 6. The number of hydrogen-bond acceptors (Lipinski definition) is 14. The molecule has 2 aromatic rings. The molecule has 1 aromatic carbocycles. The van der Waals surface area contributed by atoms with Gasteiger partial charge >= 0.3 is 17.9 Å². The number of ether oxygens (including phenoxy) is 1. The van der Waals surface area contributed by atoms with E-state index in [1.165, 1.54) is 25.6 Å². The second kappa shape index (κ2) is 22.5. The van der Waals surface area contributed by atoms with Crippen molar-refractivity contribution in [1.82, 2.24) is 44.6 Å². The highest BCUT2D eigenvalue weighted by Crippen LogP contribution is 2.32. The van der Waals surface area contributed by atoms with E-state index < -0.39 is 61.2 Å². The first-order valence-corrected chi connectivity index (χ1v) is 20.6. The molecule has 5 rings (SSSR count). The maximum atomic E-state index is 13.9. The van der Waals surface area contributed by atoms with Crippen LogP contribution in [0.2, 0.25) is 0 Å². The molecule has 0 saturated carbocycles. The smallest absolute Gasteiger partial charge is 0.317 e. The van der Waals surface area contributed by atoms with Crippen LogP contribution in [-0.4, -0.2) is 227 Å². The first-order chi connectivity index (χ1) is 30.0. The number of nitrogens with one attached hydrogen (secondary N) is 1. The van der Waals surface area contributed by atoms with Crippen molar-refractivity contribution in [3.8, 4) is 22.9 Å². The summed E-state index contributed by atoms with van der Waals surface area (Å²) in [4.78, 5) is 90.5. The molecule has 1 atom stereocenters. The van der Waals surface area contributed by atoms with Gasteiger partial charge in [0.2, 0.25) is 11.8 Å². The largest absolute Gasteiger partial charge is 0.496 e. The summed E-state index contributed by atoms with van der Waals surface area (Å²) in [6.07, 6.45) is 2.15. The number of carboxylic acid groups (broad SMARTS) is 3. The van der Waals surface area contributed by atoms with Crippen LogP contribution >= 0.6 is 0 Å². The molecule has 4 N–H and O–H groups in total. The Labute approximate surface area is 363 Å². The number of aliphatic carboxylic acids is 3. The molecule has 0 unspecified atom stereocenters. The van der Waals surface area contributed by atoms with Crippen LogP contribution in [0.1, 0.15) is 22.3 Å². The number of piperazine rings is 1. The molecule has 3 aliphatic rings. The summed E-state index contributed by atoms with van der Waals surface area (Å²) >= 11 is 0. The molecule has 3 amide bonds. The predicted molar refractivity (Wildman–Crippen MR) is 220 cm³/mol. The zero-order valence-electron chi connectivity index (χ0n) is 35.2. The number of rotatable bonds is 15. The van der Waals surface area contributed by atoms with Crippen LogP contribution in [0.15, 0.2) is 36.7 Å². The molecule has 3 aliphatic heterocycles. The summed E-state index contributed by atoms with van der Waals surface area (Å²) in [6.45, 7) is 2.42. The number of carboxylic acids is 3. The molecule has 0 bridgehead atoms. The molecular formula is C41H54F2N10O10. The zero-order valence-corrected chi connectivity index (χ0v) is 35.2. The van der Waals surface area contributed by atoms with Crippen molar-refractivity contribution in [2.75, 3.05) is 125 Å². The number of halogens is 2. The third kappa shape index (κ3) is 14.3. The van der Waals surface area contributed by atoms with E-state index >= 15 is 0 Å². The van der Waals surface area contributed by atoms with Crippen LogP contribution in [0.3, 0.4) is 0 Å². The summed E-state index contributed by atoms with van der Waals surface area (Å²) in [5.41, 5.74) is 2.05. The highest BCUT2D eigenvalue weighted by Gasteiger charge is 2.47. The first kappa shape index (κ1) is 48.2. The lowest BCUT2D eigenvalue weighted by Gasteiger charge is -2.37. The maximum absolute atomic E-state index is 13.9. The number of pyridine rings is 1. The van der Waals surface area contributed by atoms with Crippen LogP contribution in [0.5, 0.6) is 5.75 Å². The van der Waals surface area contributed by atoms with Crippen molar-refractivity contribution in [3.63, 3.8) is 0 Å². The van der Waals surface area contributed by atoms with Gasteiger partial charge in [0.1, 0.15) is 11.8 Å². The van der Waals surface area contributed by atoms with Crippen LogP contribution in [0.4, 0.5) is 8.78 Å². The lowest BCUT2D eigenvalue weighted by Crippen LogP contribution is -2.53. The van der Waals surface area contributed by atoms with E-state index in [9.17, 15) is 58.1 Å². The second-order valence-corrected chi connectivity index (χ2v) is 15.8. The topological polar surface area (TPSA) is 244 Å². The Bertz CT molecular complexity index is 1980. The number of aromatic nitrogens is 1. The van der Waals surface area contributed by atoms with Gasteiger partial charge in [0.25, 0.3) is 11.8 Å². The molecule has 4 heterocycles. The van der Waals surface area contributed by atoms with Crippen molar-refractivity contribution in [1.29, 1.82) is 5.26 Å². The molecule has 3 fully saturated rings. The van der Waals surface area contributed by atoms with Crippen molar-refractivity contribution < 1.29 is 57.6 Å².